The van der Waals surface area contributed by atoms with E-state index < -0.39 is 29.1 Å². The summed E-state index contributed by atoms with van der Waals surface area (Å²) in [5.74, 6) is -2.57. The Labute approximate surface area is 254 Å². The molecule has 7 nitrogen and oxygen atoms in total. The number of hydrogen-bond donors (Lipinski definition) is 2. The van der Waals surface area contributed by atoms with Crippen LogP contribution in [0.15, 0.2) is 54.6 Å². The molecule has 1 spiro atoms. The third kappa shape index (κ3) is 5.05. The van der Waals surface area contributed by atoms with Crippen LogP contribution in [0.1, 0.15) is 44.6 Å². The largest absolute Gasteiger partial charge is 0.356 e. The van der Waals surface area contributed by atoms with E-state index in [4.69, 9.17) is 39.5 Å². The van der Waals surface area contributed by atoms with Crippen LogP contribution in [0.2, 0.25) is 15.1 Å². The van der Waals surface area contributed by atoms with Gasteiger partial charge in [-0.05, 0) is 62.1 Å². The van der Waals surface area contributed by atoms with E-state index in [0.717, 1.165) is 37.7 Å². The molecule has 2 aromatic carbocycles. The van der Waals surface area contributed by atoms with Gasteiger partial charge in [-0.1, -0.05) is 78.4 Å². The van der Waals surface area contributed by atoms with Gasteiger partial charge in [-0.2, -0.15) is 0 Å². The van der Waals surface area contributed by atoms with Crippen LogP contribution >= 0.6 is 34.8 Å². The van der Waals surface area contributed by atoms with Crippen molar-refractivity contribution >= 4 is 58.2 Å². The van der Waals surface area contributed by atoms with Gasteiger partial charge in [0.25, 0.3) is 0 Å². The molecule has 3 amide bonds. The van der Waals surface area contributed by atoms with Crippen LogP contribution in [0.3, 0.4) is 0 Å². The number of benzene rings is 2. The fourth-order valence-electron chi connectivity index (χ4n) is 7.09. The lowest BCUT2D eigenvalue weighted by atomic mass is 9.70. The highest BCUT2D eigenvalue weighted by atomic mass is 35.5. The minimum atomic E-state index is -1.25. The van der Waals surface area contributed by atoms with Gasteiger partial charge in [0.2, 0.25) is 17.7 Å². The van der Waals surface area contributed by atoms with Gasteiger partial charge >= 0.3 is 0 Å². The monoisotopic (exact) mass is 615 g/mol. The van der Waals surface area contributed by atoms with Crippen molar-refractivity contribution < 1.29 is 19.1 Å². The number of nitrogens with zero attached hydrogens (tertiary/aromatic N) is 1. The van der Waals surface area contributed by atoms with E-state index in [1.54, 1.807) is 42.2 Å². The maximum atomic E-state index is 14.3. The topological polar surface area (TPSA) is 87.7 Å². The molecular formula is C31H32Cl3N3O4. The number of carbonyl (C=O) groups excluding carboxylic acids is 3. The van der Waals surface area contributed by atoms with Crippen molar-refractivity contribution in [3.05, 3.63) is 75.2 Å². The second kappa shape index (κ2) is 10.9. The quantitative estimate of drug-likeness (QED) is 0.384. The lowest BCUT2D eigenvalue weighted by Crippen LogP contribution is -2.57. The SMILES string of the molecule is CC12C=CC3(O1)C(C(=O)N(CCc1ccc(Cl)cc1)C3C(=O)NC1CCCCC1)C2C(=O)Nc1ccc(Cl)c(Cl)c1. The van der Waals surface area contributed by atoms with Gasteiger partial charge in [-0.25, -0.2) is 0 Å². The van der Waals surface area contributed by atoms with E-state index in [1.807, 2.05) is 24.3 Å². The molecule has 4 aliphatic rings. The zero-order valence-electron chi connectivity index (χ0n) is 22.7. The minimum Gasteiger partial charge on any atom is -0.356 e. The average Bonchev–Trinajstić information content (AvgIpc) is 3.51. The Balaban J connectivity index is 1.32. The fraction of sp³-hybridized carbons (Fsp3) is 0.452. The van der Waals surface area contributed by atoms with E-state index >= 15 is 0 Å². The van der Waals surface area contributed by atoms with Crippen LogP contribution in [-0.2, 0) is 25.5 Å². The molecule has 41 heavy (non-hydrogen) atoms. The van der Waals surface area contributed by atoms with E-state index in [0.29, 0.717) is 33.7 Å². The molecule has 3 fully saturated rings. The molecular weight excluding hydrogens is 585 g/mol. The maximum absolute atomic E-state index is 14.3. The van der Waals surface area contributed by atoms with E-state index in [-0.39, 0.29) is 23.8 Å². The van der Waals surface area contributed by atoms with Gasteiger partial charge in [0.1, 0.15) is 11.6 Å². The maximum Gasteiger partial charge on any atom is 0.246 e. The molecule has 0 radical (unpaired) electrons. The lowest BCUT2D eigenvalue weighted by Gasteiger charge is -2.34. The smallest absolute Gasteiger partial charge is 0.246 e. The van der Waals surface area contributed by atoms with Crippen LogP contribution in [0.25, 0.3) is 0 Å². The third-order valence-electron chi connectivity index (χ3n) is 9.02. The summed E-state index contributed by atoms with van der Waals surface area (Å²) in [6.45, 7) is 2.10. The first kappa shape index (κ1) is 28.5. The summed E-state index contributed by atoms with van der Waals surface area (Å²) in [6, 6.07) is 11.4. The Kier molecular flexibility index (Phi) is 7.60. The molecule has 3 heterocycles. The highest BCUT2D eigenvalue weighted by Gasteiger charge is 2.76. The molecule has 1 saturated carbocycles. The molecule has 1 aliphatic carbocycles. The molecule has 5 unspecified atom stereocenters. The summed E-state index contributed by atoms with van der Waals surface area (Å²) >= 11 is 18.3. The van der Waals surface area contributed by atoms with Crippen molar-refractivity contribution in [2.24, 2.45) is 11.8 Å². The van der Waals surface area contributed by atoms with Crippen molar-refractivity contribution in [2.75, 3.05) is 11.9 Å². The predicted molar refractivity (Wildman–Crippen MR) is 159 cm³/mol. The van der Waals surface area contributed by atoms with E-state index in [9.17, 15) is 14.4 Å². The molecule has 5 atom stereocenters. The van der Waals surface area contributed by atoms with Crippen molar-refractivity contribution in [3.8, 4) is 0 Å². The summed E-state index contributed by atoms with van der Waals surface area (Å²) in [4.78, 5) is 43.7. The van der Waals surface area contributed by atoms with Crippen molar-refractivity contribution in [1.29, 1.82) is 0 Å². The molecule has 216 valence electrons. The second-order valence-electron chi connectivity index (χ2n) is 11.7. The number of ether oxygens (including phenoxy) is 1. The fourth-order valence-corrected chi connectivity index (χ4v) is 7.52. The molecule has 10 heteroatoms. The molecule has 2 saturated heterocycles. The van der Waals surface area contributed by atoms with Crippen LogP contribution in [0, 0.1) is 11.8 Å². The van der Waals surface area contributed by atoms with E-state index in [1.165, 1.54) is 0 Å². The normalized spacial score (nSPS) is 30.5. The molecule has 2 N–H and O–H groups in total. The first-order chi connectivity index (χ1) is 19.6. The Morgan fingerprint density at radius 2 is 1.71 bits per heavy atom. The van der Waals surface area contributed by atoms with Crippen LogP contribution in [0.4, 0.5) is 5.69 Å². The molecule has 0 aromatic heterocycles. The number of amides is 3. The number of likely N-dealkylation sites (tertiary alicyclic amines) is 1. The summed E-state index contributed by atoms with van der Waals surface area (Å²) in [6.07, 6.45) is 9.31. The Bertz CT molecular complexity index is 1410. The van der Waals surface area contributed by atoms with Gasteiger partial charge < -0.3 is 20.3 Å². The molecule has 6 rings (SSSR count). The van der Waals surface area contributed by atoms with Gasteiger partial charge in [0, 0.05) is 23.3 Å². The molecule has 2 bridgehead atoms. The van der Waals surface area contributed by atoms with Crippen LogP contribution < -0.4 is 10.6 Å². The molecule has 2 aromatic rings. The average molecular weight is 617 g/mol. The van der Waals surface area contributed by atoms with Gasteiger partial charge in [-0.15, -0.1) is 0 Å². The third-order valence-corrected chi connectivity index (χ3v) is 10.0. The highest BCUT2D eigenvalue weighted by molar-refractivity contribution is 6.42. The zero-order chi connectivity index (χ0) is 28.9. The summed E-state index contributed by atoms with van der Waals surface area (Å²) in [5.41, 5.74) is -0.841. The van der Waals surface area contributed by atoms with Crippen LogP contribution in [0.5, 0.6) is 0 Å². The standard InChI is InChI=1S/C31H32Cl3N3O4/c1-30-14-15-31(41-30)25(24(30)27(38)36-21-11-12-22(33)23(34)17-21)29(40)37(16-13-18-7-9-19(32)10-8-18)26(31)28(39)35-20-5-3-2-4-6-20/h7-12,14-15,17,20,24-26H,2-6,13,16H2,1H3,(H,35,39)(H,36,38). The predicted octanol–water partition coefficient (Wildman–Crippen LogP) is 5.82. The van der Waals surface area contributed by atoms with Crippen molar-refractivity contribution in [3.63, 3.8) is 0 Å². The van der Waals surface area contributed by atoms with Crippen molar-refractivity contribution in [1.82, 2.24) is 10.2 Å². The second-order valence-corrected chi connectivity index (χ2v) is 13.0. The van der Waals surface area contributed by atoms with Gasteiger partial charge in [0.05, 0.1) is 27.5 Å². The minimum absolute atomic E-state index is 0.0619. The van der Waals surface area contributed by atoms with E-state index in [2.05, 4.69) is 10.6 Å². The highest BCUT2D eigenvalue weighted by Crippen LogP contribution is 2.59. The van der Waals surface area contributed by atoms with Crippen LogP contribution in [-0.4, -0.2) is 52.5 Å². The Hall–Kier alpha value is -2.58. The van der Waals surface area contributed by atoms with Gasteiger partial charge in [-0.3, -0.25) is 14.4 Å². The number of fused-ring (bicyclic) bond motifs is 1. The number of anilines is 1. The summed E-state index contributed by atoms with van der Waals surface area (Å²) in [7, 11) is 0. The molecule has 3 aliphatic heterocycles. The number of hydrogen-bond acceptors (Lipinski definition) is 4. The number of rotatable bonds is 7. The summed E-state index contributed by atoms with van der Waals surface area (Å²) in [5, 5.41) is 7.43. The first-order valence-corrected chi connectivity index (χ1v) is 15.3. The lowest BCUT2D eigenvalue weighted by molar-refractivity contribution is -0.144. The zero-order valence-corrected chi connectivity index (χ0v) is 24.9. The number of nitrogens with one attached hydrogen (secondary N) is 2. The Morgan fingerprint density at radius 3 is 2.41 bits per heavy atom. The number of carbonyl (C=O) groups is 3. The van der Waals surface area contributed by atoms with Gasteiger partial charge in [0.15, 0.2) is 0 Å². The Morgan fingerprint density at radius 1 is 0.976 bits per heavy atom. The van der Waals surface area contributed by atoms with Crippen molar-refractivity contribution in [2.45, 2.75) is 68.7 Å². The number of halogens is 3. The first-order valence-electron chi connectivity index (χ1n) is 14.1. The summed E-state index contributed by atoms with van der Waals surface area (Å²) < 4.78 is 6.62.